The van der Waals surface area contributed by atoms with Crippen molar-refractivity contribution in [1.82, 2.24) is 5.32 Å². The van der Waals surface area contributed by atoms with E-state index in [4.69, 9.17) is 19.0 Å². The molecule has 0 aromatic rings. The highest BCUT2D eigenvalue weighted by molar-refractivity contribution is 6.60. The highest BCUT2D eigenvalue weighted by Crippen LogP contribution is 2.13. The molecule has 0 fully saturated rings. The lowest BCUT2D eigenvalue weighted by Gasteiger charge is -2.24. The molecule has 0 saturated heterocycles. The molecule has 3 N–H and O–H groups in total. The van der Waals surface area contributed by atoms with Gasteiger partial charge >= 0.3 is 8.80 Å². The van der Waals surface area contributed by atoms with Crippen molar-refractivity contribution in [3.05, 3.63) is 12.3 Å². The van der Waals surface area contributed by atoms with Crippen molar-refractivity contribution in [2.45, 2.75) is 26.3 Å². The van der Waals surface area contributed by atoms with Gasteiger partial charge in [0.15, 0.2) is 0 Å². The number of nitrogens with two attached hydrogens (primary N) is 1. The molecule has 0 atom stereocenters. The van der Waals surface area contributed by atoms with E-state index in [1.165, 1.54) is 6.20 Å². The third-order valence-electron chi connectivity index (χ3n) is 2.21. The summed E-state index contributed by atoms with van der Waals surface area (Å²) in [5.74, 6) is 0. The Hall–Kier alpha value is -0.403. The summed E-state index contributed by atoms with van der Waals surface area (Å²) in [5.41, 5.74) is 4.85. The fourth-order valence-corrected chi connectivity index (χ4v) is 2.89. The first-order chi connectivity index (χ1) is 8.16. The predicted octanol–water partition coefficient (Wildman–Crippen LogP) is 1.34. The van der Waals surface area contributed by atoms with Gasteiger partial charge in [-0.15, -0.1) is 0 Å². The standard InChI is InChI=1S/C8H21NO3Si.C3H7N/c1-5-9-7-6-8-13(10-2,11-3)12-4;1-2-3-4/h9H,5-8H2,1-4H3;2-3H,4H2,1H3. The molecule has 5 nitrogen and oxygen atoms in total. The molecule has 0 heterocycles. The lowest BCUT2D eigenvalue weighted by Crippen LogP contribution is -2.43. The van der Waals surface area contributed by atoms with Gasteiger partial charge in [-0.2, -0.15) is 0 Å². The zero-order chi connectivity index (χ0) is 13.6. The Labute approximate surface area is 107 Å². The van der Waals surface area contributed by atoms with Crippen molar-refractivity contribution in [2.24, 2.45) is 5.73 Å². The Morgan fingerprint density at radius 2 is 1.65 bits per heavy atom. The summed E-state index contributed by atoms with van der Waals surface area (Å²) < 4.78 is 15.8. The molecule has 0 saturated carbocycles. The number of nitrogens with one attached hydrogen (secondary N) is 1. The van der Waals surface area contributed by atoms with Crippen molar-refractivity contribution in [3.63, 3.8) is 0 Å². The molecule has 104 valence electrons. The Kier molecular flexibility index (Phi) is 15.2. The summed E-state index contributed by atoms with van der Waals surface area (Å²) in [4.78, 5) is 0. The normalized spacial score (nSPS) is 11.4. The molecule has 6 heteroatoms. The van der Waals surface area contributed by atoms with E-state index in [1.807, 2.05) is 6.92 Å². The molecule has 0 aliphatic heterocycles. The van der Waals surface area contributed by atoms with Gasteiger partial charge in [-0.05, 0) is 32.6 Å². The summed E-state index contributed by atoms with van der Waals surface area (Å²) in [6, 6.07) is 0.865. The van der Waals surface area contributed by atoms with E-state index >= 15 is 0 Å². The van der Waals surface area contributed by atoms with Gasteiger partial charge in [0, 0.05) is 27.4 Å². The topological polar surface area (TPSA) is 65.7 Å². The first-order valence-corrected chi connectivity index (χ1v) is 7.78. The van der Waals surface area contributed by atoms with Crippen molar-refractivity contribution in [3.8, 4) is 0 Å². The third-order valence-corrected chi connectivity index (χ3v) is 5.04. The van der Waals surface area contributed by atoms with Gasteiger partial charge in [-0.1, -0.05) is 13.0 Å². The second-order valence-corrected chi connectivity index (χ2v) is 6.37. The van der Waals surface area contributed by atoms with Gasteiger partial charge in [0.2, 0.25) is 0 Å². The van der Waals surface area contributed by atoms with Gasteiger partial charge in [-0.25, -0.2) is 0 Å². The summed E-state index contributed by atoms with van der Waals surface area (Å²) in [7, 11) is 2.63. The molecule has 0 radical (unpaired) electrons. The fraction of sp³-hybridized carbons (Fsp3) is 0.818. The molecule has 0 amide bonds. The minimum atomic E-state index is -2.31. The summed E-state index contributed by atoms with van der Waals surface area (Å²) >= 11 is 0. The second-order valence-electron chi connectivity index (χ2n) is 3.28. The number of allylic oxidation sites excluding steroid dienone is 1. The zero-order valence-electron chi connectivity index (χ0n) is 11.8. The maximum absolute atomic E-state index is 5.28. The van der Waals surface area contributed by atoms with E-state index < -0.39 is 8.80 Å². The first-order valence-electron chi connectivity index (χ1n) is 5.85. The van der Waals surface area contributed by atoms with Crippen molar-refractivity contribution < 1.29 is 13.3 Å². The van der Waals surface area contributed by atoms with Gasteiger partial charge in [0.25, 0.3) is 0 Å². The van der Waals surface area contributed by atoms with Gasteiger partial charge < -0.3 is 24.3 Å². The quantitative estimate of drug-likeness (QED) is 0.511. The molecule has 0 aliphatic carbocycles. The van der Waals surface area contributed by atoms with Crippen LogP contribution in [0.15, 0.2) is 12.3 Å². The van der Waals surface area contributed by atoms with E-state index in [2.05, 4.69) is 12.2 Å². The van der Waals surface area contributed by atoms with Crippen LogP contribution in [0.4, 0.5) is 0 Å². The first kappa shape index (κ1) is 18.9. The maximum atomic E-state index is 5.28. The number of rotatable bonds is 8. The molecule has 0 spiro atoms. The molecule has 0 aromatic carbocycles. The third kappa shape index (κ3) is 10.5. The number of hydrogen-bond donors (Lipinski definition) is 2. The van der Waals surface area contributed by atoms with E-state index in [1.54, 1.807) is 27.4 Å². The Morgan fingerprint density at radius 3 is 1.94 bits per heavy atom. The number of hydrogen-bond acceptors (Lipinski definition) is 5. The van der Waals surface area contributed by atoms with Gasteiger partial charge in [0.05, 0.1) is 0 Å². The Morgan fingerprint density at radius 1 is 1.18 bits per heavy atom. The van der Waals surface area contributed by atoms with Crippen LogP contribution in [0, 0.1) is 0 Å². The Balaban J connectivity index is 0. The molecule has 0 rings (SSSR count). The predicted molar refractivity (Wildman–Crippen MR) is 73.8 cm³/mol. The summed E-state index contributed by atoms with van der Waals surface area (Å²) in [5, 5.41) is 3.25. The van der Waals surface area contributed by atoms with Crippen LogP contribution in [-0.2, 0) is 13.3 Å². The van der Waals surface area contributed by atoms with Crippen molar-refractivity contribution in [1.29, 1.82) is 0 Å². The largest absolute Gasteiger partial charge is 0.500 e. The van der Waals surface area contributed by atoms with Crippen LogP contribution in [0.3, 0.4) is 0 Å². The summed E-state index contributed by atoms with van der Waals surface area (Å²) in [6.07, 6.45) is 4.30. The van der Waals surface area contributed by atoms with Crippen LogP contribution < -0.4 is 11.1 Å². The van der Waals surface area contributed by atoms with Crippen LogP contribution in [-0.4, -0.2) is 43.2 Å². The van der Waals surface area contributed by atoms with Crippen LogP contribution >= 0.6 is 0 Å². The highest BCUT2D eigenvalue weighted by atomic mass is 28.4. The lowest BCUT2D eigenvalue weighted by atomic mass is 10.5. The minimum Gasteiger partial charge on any atom is -0.405 e. The van der Waals surface area contributed by atoms with E-state index in [0.717, 1.165) is 25.6 Å². The molecule has 0 aromatic heterocycles. The average molecular weight is 264 g/mol. The van der Waals surface area contributed by atoms with Gasteiger partial charge in [0.1, 0.15) is 0 Å². The highest BCUT2D eigenvalue weighted by Gasteiger charge is 2.36. The zero-order valence-corrected chi connectivity index (χ0v) is 12.8. The molecule has 17 heavy (non-hydrogen) atoms. The smallest absolute Gasteiger partial charge is 0.405 e. The molecule has 0 aliphatic rings. The fourth-order valence-electron chi connectivity index (χ4n) is 1.16. The summed E-state index contributed by atoms with van der Waals surface area (Å²) in [6.45, 7) is 5.95. The van der Waals surface area contributed by atoms with Crippen molar-refractivity contribution in [2.75, 3.05) is 34.4 Å². The lowest BCUT2D eigenvalue weighted by molar-refractivity contribution is 0.123. The van der Waals surface area contributed by atoms with E-state index in [-0.39, 0.29) is 0 Å². The molecular weight excluding hydrogens is 236 g/mol. The SMILES string of the molecule is CC=CN.CCNCCC[Si](OC)(OC)OC. The second kappa shape index (κ2) is 13.7. The van der Waals surface area contributed by atoms with Crippen LogP contribution in [0.25, 0.3) is 0 Å². The Bertz CT molecular complexity index is 164. The van der Waals surface area contributed by atoms with Crippen LogP contribution in [0.5, 0.6) is 0 Å². The molecule has 0 unspecified atom stereocenters. The maximum Gasteiger partial charge on any atom is 0.500 e. The van der Waals surface area contributed by atoms with E-state index in [0.29, 0.717) is 0 Å². The average Bonchev–Trinajstić information content (AvgIpc) is 2.40. The monoisotopic (exact) mass is 264 g/mol. The van der Waals surface area contributed by atoms with E-state index in [9.17, 15) is 0 Å². The van der Waals surface area contributed by atoms with Crippen LogP contribution in [0.1, 0.15) is 20.3 Å². The van der Waals surface area contributed by atoms with Crippen molar-refractivity contribution >= 4 is 8.80 Å². The molecule has 0 bridgehead atoms. The molecular formula is C11H28N2O3Si. The van der Waals surface area contributed by atoms with Gasteiger partial charge in [-0.3, -0.25) is 0 Å². The van der Waals surface area contributed by atoms with Crippen LogP contribution in [0.2, 0.25) is 6.04 Å². The minimum absolute atomic E-state index is 0.865.